The summed E-state index contributed by atoms with van der Waals surface area (Å²) >= 11 is 0. The second-order valence-corrected chi connectivity index (χ2v) is 5.49. The first-order chi connectivity index (χ1) is 12.1. The number of ether oxygens (including phenoxy) is 1. The number of benzene rings is 1. The summed E-state index contributed by atoms with van der Waals surface area (Å²) in [5.41, 5.74) is 2.58. The number of urea groups is 1. The highest BCUT2D eigenvalue weighted by Gasteiger charge is 2.15. The summed E-state index contributed by atoms with van der Waals surface area (Å²) in [7, 11) is 3.38. The van der Waals surface area contributed by atoms with E-state index in [4.69, 9.17) is 4.74 Å². The standard InChI is InChI=1S/C17H20N6O2/c1-12-14(16(25-3)22(2)20-12)11-18-17(24)19-15-9-10-23(21-15)13-7-5-4-6-8-13/h4-10H,11H2,1-3H3,(H2,18,19,21,24). The second-order valence-electron chi connectivity index (χ2n) is 5.49. The SMILES string of the molecule is COc1c(CNC(=O)Nc2ccn(-c3ccccc3)n2)c(C)nn1C. The molecule has 0 fully saturated rings. The van der Waals surface area contributed by atoms with Crippen LogP contribution in [0.25, 0.3) is 5.69 Å². The first-order valence-electron chi connectivity index (χ1n) is 7.81. The molecule has 8 heteroatoms. The lowest BCUT2D eigenvalue weighted by molar-refractivity contribution is 0.251. The number of hydrogen-bond donors (Lipinski definition) is 2. The molecule has 3 rings (SSSR count). The molecule has 0 aliphatic carbocycles. The minimum absolute atomic E-state index is 0.314. The number of hydrogen-bond acceptors (Lipinski definition) is 4. The normalized spacial score (nSPS) is 10.5. The first kappa shape index (κ1) is 16.6. The van der Waals surface area contributed by atoms with Gasteiger partial charge in [-0.3, -0.25) is 5.32 Å². The fourth-order valence-electron chi connectivity index (χ4n) is 2.58. The van der Waals surface area contributed by atoms with Gasteiger partial charge in [0.1, 0.15) is 0 Å². The largest absolute Gasteiger partial charge is 0.481 e. The van der Waals surface area contributed by atoms with Gasteiger partial charge in [0.05, 0.1) is 30.6 Å². The van der Waals surface area contributed by atoms with Gasteiger partial charge in [0.15, 0.2) is 5.82 Å². The number of amides is 2. The number of aromatic nitrogens is 4. The molecule has 8 nitrogen and oxygen atoms in total. The Balaban J connectivity index is 1.61. The van der Waals surface area contributed by atoms with Crippen molar-refractivity contribution >= 4 is 11.8 Å². The van der Waals surface area contributed by atoms with Crippen LogP contribution in [-0.2, 0) is 13.6 Å². The summed E-state index contributed by atoms with van der Waals surface area (Å²) in [6.07, 6.45) is 1.79. The van der Waals surface area contributed by atoms with Crippen LogP contribution < -0.4 is 15.4 Å². The van der Waals surface area contributed by atoms with E-state index >= 15 is 0 Å². The maximum Gasteiger partial charge on any atom is 0.320 e. The van der Waals surface area contributed by atoms with Gasteiger partial charge in [-0.05, 0) is 19.1 Å². The smallest absolute Gasteiger partial charge is 0.320 e. The summed E-state index contributed by atoms with van der Waals surface area (Å²) in [6.45, 7) is 2.19. The Morgan fingerprint density at radius 1 is 1.20 bits per heavy atom. The van der Waals surface area contributed by atoms with E-state index in [0.29, 0.717) is 18.2 Å². The molecule has 2 N–H and O–H groups in total. The summed E-state index contributed by atoms with van der Waals surface area (Å²) in [4.78, 5) is 12.1. The minimum Gasteiger partial charge on any atom is -0.481 e. The number of carbonyl (C=O) groups is 1. The molecule has 0 radical (unpaired) electrons. The number of aryl methyl sites for hydroxylation is 2. The molecule has 1 aromatic carbocycles. The summed E-state index contributed by atoms with van der Waals surface area (Å²) in [5.74, 6) is 1.10. The average molecular weight is 340 g/mol. The lowest BCUT2D eigenvalue weighted by Gasteiger charge is -2.07. The van der Waals surface area contributed by atoms with Gasteiger partial charge in [-0.1, -0.05) is 18.2 Å². The molecule has 0 unspecified atom stereocenters. The van der Waals surface area contributed by atoms with Gasteiger partial charge in [0, 0.05) is 19.3 Å². The molecule has 2 aromatic heterocycles. The van der Waals surface area contributed by atoms with Gasteiger partial charge in [0.25, 0.3) is 0 Å². The van der Waals surface area contributed by atoms with E-state index in [1.54, 1.807) is 35.8 Å². The highest BCUT2D eigenvalue weighted by Crippen LogP contribution is 2.20. The van der Waals surface area contributed by atoms with E-state index in [1.807, 2.05) is 37.3 Å². The van der Waals surface area contributed by atoms with Crippen molar-refractivity contribution in [3.05, 3.63) is 53.9 Å². The Hall–Kier alpha value is -3.29. The average Bonchev–Trinajstić information content (AvgIpc) is 3.17. The zero-order valence-corrected chi connectivity index (χ0v) is 14.4. The van der Waals surface area contributed by atoms with Gasteiger partial charge in [0.2, 0.25) is 5.88 Å². The van der Waals surface area contributed by atoms with Crippen LogP contribution in [0.1, 0.15) is 11.3 Å². The topological polar surface area (TPSA) is 86.0 Å². The molecule has 2 amide bonds. The number of anilines is 1. The summed E-state index contributed by atoms with van der Waals surface area (Å²) < 4.78 is 8.66. The number of rotatable bonds is 5. The molecule has 0 bridgehead atoms. The monoisotopic (exact) mass is 340 g/mol. The Morgan fingerprint density at radius 3 is 2.68 bits per heavy atom. The molecule has 0 atom stereocenters. The van der Waals surface area contributed by atoms with Crippen molar-refractivity contribution in [1.82, 2.24) is 24.9 Å². The maximum atomic E-state index is 12.1. The van der Waals surface area contributed by atoms with Crippen LogP contribution in [0.5, 0.6) is 5.88 Å². The van der Waals surface area contributed by atoms with Crippen LogP contribution >= 0.6 is 0 Å². The van der Waals surface area contributed by atoms with Crippen LogP contribution in [0.4, 0.5) is 10.6 Å². The van der Waals surface area contributed by atoms with E-state index in [2.05, 4.69) is 20.8 Å². The predicted octanol–water partition coefficient (Wildman–Crippen LogP) is 2.24. The van der Waals surface area contributed by atoms with Gasteiger partial charge in [-0.2, -0.15) is 5.10 Å². The third kappa shape index (κ3) is 3.63. The Morgan fingerprint density at radius 2 is 1.96 bits per heavy atom. The van der Waals surface area contributed by atoms with Crippen molar-refractivity contribution in [3.8, 4) is 11.6 Å². The third-order valence-corrected chi connectivity index (χ3v) is 3.76. The quantitative estimate of drug-likeness (QED) is 0.746. The van der Waals surface area contributed by atoms with Crippen LogP contribution in [-0.4, -0.2) is 32.7 Å². The highest BCUT2D eigenvalue weighted by atomic mass is 16.5. The van der Waals surface area contributed by atoms with Gasteiger partial charge < -0.3 is 10.1 Å². The Labute approximate surface area is 145 Å². The molecule has 130 valence electrons. The zero-order chi connectivity index (χ0) is 17.8. The fourth-order valence-corrected chi connectivity index (χ4v) is 2.58. The molecule has 0 saturated heterocycles. The van der Waals surface area contributed by atoms with Crippen molar-refractivity contribution in [3.63, 3.8) is 0 Å². The van der Waals surface area contributed by atoms with Gasteiger partial charge in [-0.15, -0.1) is 5.10 Å². The maximum absolute atomic E-state index is 12.1. The summed E-state index contributed by atoms with van der Waals surface area (Å²) in [6, 6.07) is 11.1. The van der Waals surface area contributed by atoms with Crippen molar-refractivity contribution in [2.45, 2.75) is 13.5 Å². The minimum atomic E-state index is -0.344. The number of nitrogens with one attached hydrogen (secondary N) is 2. The number of methoxy groups -OCH3 is 1. The fraction of sp³-hybridized carbons (Fsp3) is 0.235. The van der Waals surface area contributed by atoms with Crippen LogP contribution in [0.3, 0.4) is 0 Å². The molecule has 0 spiro atoms. The lowest BCUT2D eigenvalue weighted by Crippen LogP contribution is -2.28. The number of carbonyl (C=O) groups excluding carboxylic acids is 1. The number of para-hydroxylation sites is 1. The Kier molecular flexibility index (Phi) is 4.69. The van der Waals surface area contributed by atoms with Crippen LogP contribution in [0.15, 0.2) is 42.6 Å². The van der Waals surface area contributed by atoms with E-state index in [0.717, 1.165) is 16.9 Å². The van der Waals surface area contributed by atoms with E-state index in [9.17, 15) is 4.79 Å². The van der Waals surface area contributed by atoms with Crippen LogP contribution in [0.2, 0.25) is 0 Å². The van der Waals surface area contributed by atoms with E-state index in [-0.39, 0.29) is 6.03 Å². The van der Waals surface area contributed by atoms with Crippen molar-refractivity contribution in [1.29, 1.82) is 0 Å². The molecular formula is C17H20N6O2. The molecule has 2 heterocycles. The molecule has 0 saturated carbocycles. The second kappa shape index (κ2) is 7.08. The summed E-state index contributed by atoms with van der Waals surface area (Å²) in [5, 5.41) is 14.1. The number of nitrogens with zero attached hydrogens (tertiary/aromatic N) is 4. The predicted molar refractivity (Wildman–Crippen MR) is 93.9 cm³/mol. The molecule has 0 aliphatic heterocycles. The first-order valence-corrected chi connectivity index (χ1v) is 7.81. The van der Waals surface area contributed by atoms with Gasteiger partial charge in [-0.25, -0.2) is 14.2 Å². The third-order valence-electron chi connectivity index (χ3n) is 3.76. The van der Waals surface area contributed by atoms with Crippen LogP contribution in [0, 0.1) is 6.92 Å². The lowest BCUT2D eigenvalue weighted by atomic mass is 10.2. The van der Waals surface area contributed by atoms with E-state index in [1.165, 1.54) is 0 Å². The molecule has 3 aromatic rings. The Bertz CT molecular complexity index is 869. The van der Waals surface area contributed by atoms with E-state index < -0.39 is 0 Å². The molecule has 0 aliphatic rings. The zero-order valence-electron chi connectivity index (χ0n) is 14.4. The van der Waals surface area contributed by atoms with Crippen molar-refractivity contribution in [2.75, 3.05) is 12.4 Å². The van der Waals surface area contributed by atoms with Gasteiger partial charge >= 0.3 is 6.03 Å². The van der Waals surface area contributed by atoms with Crippen molar-refractivity contribution < 1.29 is 9.53 Å². The molecular weight excluding hydrogens is 320 g/mol. The molecule has 25 heavy (non-hydrogen) atoms. The highest BCUT2D eigenvalue weighted by molar-refractivity contribution is 5.88. The van der Waals surface area contributed by atoms with Crippen molar-refractivity contribution in [2.24, 2.45) is 7.05 Å².